The summed E-state index contributed by atoms with van der Waals surface area (Å²) in [5.74, 6) is -0.222. The Labute approximate surface area is 116 Å². The Kier molecular flexibility index (Phi) is 3.96. The van der Waals surface area contributed by atoms with Crippen LogP contribution in [0, 0.1) is 12.7 Å². The summed E-state index contributed by atoms with van der Waals surface area (Å²) in [6, 6.07) is 4.73. The van der Waals surface area contributed by atoms with E-state index in [0.717, 1.165) is 21.1 Å². The Hall–Kier alpha value is -1.33. The van der Waals surface area contributed by atoms with Gasteiger partial charge in [-0.25, -0.2) is 4.39 Å². The summed E-state index contributed by atoms with van der Waals surface area (Å²) in [5, 5.41) is 13.5. The van der Waals surface area contributed by atoms with Crippen molar-refractivity contribution in [1.82, 2.24) is 15.5 Å². The van der Waals surface area contributed by atoms with Gasteiger partial charge in [0.05, 0.1) is 6.54 Å². The maximum Gasteiger partial charge on any atom is 0.148 e. The van der Waals surface area contributed by atoms with E-state index in [1.54, 1.807) is 6.07 Å². The zero-order valence-corrected chi connectivity index (χ0v) is 12.4. The third-order valence-electron chi connectivity index (χ3n) is 2.66. The highest BCUT2D eigenvalue weighted by atomic mass is 32.1. The quantitative estimate of drug-likeness (QED) is 0.934. The summed E-state index contributed by atoms with van der Waals surface area (Å²) in [4.78, 5) is 0. The van der Waals surface area contributed by atoms with Gasteiger partial charge in [0.15, 0.2) is 0 Å². The van der Waals surface area contributed by atoms with E-state index in [2.05, 4.69) is 36.3 Å². The molecule has 1 N–H and O–H groups in total. The van der Waals surface area contributed by atoms with Crippen molar-refractivity contribution in [2.24, 2.45) is 0 Å². The van der Waals surface area contributed by atoms with Crippen LogP contribution in [0.25, 0.3) is 10.6 Å². The van der Waals surface area contributed by atoms with Crippen molar-refractivity contribution in [2.45, 2.75) is 39.8 Å². The van der Waals surface area contributed by atoms with E-state index >= 15 is 0 Å². The van der Waals surface area contributed by atoms with Crippen molar-refractivity contribution in [3.05, 3.63) is 34.6 Å². The molecule has 0 saturated heterocycles. The maximum atomic E-state index is 13.1. The van der Waals surface area contributed by atoms with Crippen molar-refractivity contribution in [3.8, 4) is 10.6 Å². The van der Waals surface area contributed by atoms with Crippen LogP contribution >= 0.6 is 11.3 Å². The van der Waals surface area contributed by atoms with Gasteiger partial charge in [-0.3, -0.25) is 0 Å². The second-order valence-electron chi connectivity index (χ2n) is 5.56. The third kappa shape index (κ3) is 3.81. The number of hydrogen-bond donors (Lipinski definition) is 1. The molecule has 3 nitrogen and oxygen atoms in total. The molecule has 0 aliphatic rings. The van der Waals surface area contributed by atoms with Crippen LogP contribution in [0.4, 0.5) is 4.39 Å². The number of benzene rings is 1. The molecule has 5 heteroatoms. The topological polar surface area (TPSA) is 37.8 Å². The first-order valence-electron chi connectivity index (χ1n) is 6.19. The van der Waals surface area contributed by atoms with E-state index in [1.165, 1.54) is 23.5 Å². The van der Waals surface area contributed by atoms with Crippen LogP contribution < -0.4 is 5.32 Å². The molecular formula is C14H18FN3S. The molecule has 0 unspecified atom stereocenters. The van der Waals surface area contributed by atoms with E-state index in [1.807, 2.05) is 6.92 Å². The van der Waals surface area contributed by atoms with Gasteiger partial charge in [0.2, 0.25) is 0 Å². The van der Waals surface area contributed by atoms with Crippen LogP contribution in [0.1, 0.15) is 31.3 Å². The SMILES string of the molecule is Cc1cc(F)ccc1-c1nnc(CNC(C)(C)C)s1. The van der Waals surface area contributed by atoms with Gasteiger partial charge in [-0.2, -0.15) is 0 Å². The zero-order valence-electron chi connectivity index (χ0n) is 11.6. The largest absolute Gasteiger partial charge is 0.306 e. The van der Waals surface area contributed by atoms with E-state index < -0.39 is 0 Å². The molecular weight excluding hydrogens is 261 g/mol. The lowest BCUT2D eigenvalue weighted by molar-refractivity contribution is 0.423. The number of nitrogens with zero attached hydrogens (tertiary/aromatic N) is 2. The number of rotatable bonds is 3. The highest BCUT2D eigenvalue weighted by molar-refractivity contribution is 7.14. The Bertz CT molecular complexity index is 572. The summed E-state index contributed by atoms with van der Waals surface area (Å²) in [6.07, 6.45) is 0. The van der Waals surface area contributed by atoms with Gasteiger partial charge in [-0.05, 0) is 51.5 Å². The van der Waals surface area contributed by atoms with Crippen LogP contribution in [0.3, 0.4) is 0 Å². The Balaban J connectivity index is 2.16. The first kappa shape index (κ1) is 14.1. The molecule has 0 saturated carbocycles. The van der Waals surface area contributed by atoms with E-state index in [9.17, 15) is 4.39 Å². The van der Waals surface area contributed by atoms with E-state index in [-0.39, 0.29) is 11.4 Å². The first-order valence-corrected chi connectivity index (χ1v) is 7.01. The molecule has 0 spiro atoms. The fraction of sp³-hybridized carbons (Fsp3) is 0.429. The average molecular weight is 279 g/mol. The smallest absolute Gasteiger partial charge is 0.148 e. The van der Waals surface area contributed by atoms with Crippen molar-refractivity contribution < 1.29 is 4.39 Å². The fourth-order valence-corrected chi connectivity index (χ4v) is 2.51. The molecule has 0 radical (unpaired) electrons. The molecule has 19 heavy (non-hydrogen) atoms. The molecule has 2 rings (SSSR count). The van der Waals surface area contributed by atoms with Crippen LogP contribution in [-0.4, -0.2) is 15.7 Å². The van der Waals surface area contributed by atoms with Crippen molar-refractivity contribution in [1.29, 1.82) is 0 Å². The predicted molar refractivity (Wildman–Crippen MR) is 76.6 cm³/mol. The minimum atomic E-state index is -0.222. The molecule has 1 heterocycles. The molecule has 0 bridgehead atoms. The molecule has 0 atom stereocenters. The standard InChI is InChI=1S/C14H18FN3S/c1-9-7-10(15)5-6-11(9)13-18-17-12(19-13)8-16-14(2,3)4/h5-7,16H,8H2,1-4H3. The number of nitrogens with one attached hydrogen (secondary N) is 1. The van der Waals surface area contributed by atoms with Crippen LogP contribution in [-0.2, 0) is 6.54 Å². The van der Waals surface area contributed by atoms with E-state index in [4.69, 9.17) is 0 Å². The summed E-state index contributed by atoms with van der Waals surface area (Å²) >= 11 is 1.54. The van der Waals surface area contributed by atoms with Gasteiger partial charge in [-0.1, -0.05) is 11.3 Å². The second-order valence-corrected chi connectivity index (χ2v) is 6.63. The highest BCUT2D eigenvalue weighted by Crippen LogP contribution is 2.27. The van der Waals surface area contributed by atoms with Crippen molar-refractivity contribution in [3.63, 3.8) is 0 Å². The first-order chi connectivity index (χ1) is 8.85. The Morgan fingerprint density at radius 2 is 2.00 bits per heavy atom. The van der Waals surface area contributed by atoms with Gasteiger partial charge in [0.1, 0.15) is 15.8 Å². The average Bonchev–Trinajstić information content (AvgIpc) is 2.74. The molecule has 1 aromatic heterocycles. The summed E-state index contributed by atoms with van der Waals surface area (Å²) in [5.41, 5.74) is 1.88. The number of halogens is 1. The Morgan fingerprint density at radius 1 is 1.26 bits per heavy atom. The molecule has 0 aliphatic carbocycles. The molecule has 0 fully saturated rings. The van der Waals surface area contributed by atoms with Crippen LogP contribution in [0.15, 0.2) is 18.2 Å². The predicted octanol–water partition coefficient (Wildman–Crippen LogP) is 3.54. The van der Waals surface area contributed by atoms with Gasteiger partial charge < -0.3 is 5.32 Å². The summed E-state index contributed by atoms with van der Waals surface area (Å²) in [6.45, 7) is 8.91. The lowest BCUT2D eigenvalue weighted by Gasteiger charge is -2.19. The van der Waals surface area contributed by atoms with Crippen LogP contribution in [0.5, 0.6) is 0 Å². The molecule has 1 aromatic carbocycles. The van der Waals surface area contributed by atoms with Gasteiger partial charge >= 0.3 is 0 Å². The minimum Gasteiger partial charge on any atom is -0.306 e. The highest BCUT2D eigenvalue weighted by Gasteiger charge is 2.13. The van der Waals surface area contributed by atoms with Gasteiger partial charge in [0.25, 0.3) is 0 Å². The third-order valence-corrected chi connectivity index (χ3v) is 3.61. The number of aryl methyl sites for hydroxylation is 1. The molecule has 0 aliphatic heterocycles. The van der Waals surface area contributed by atoms with Crippen LogP contribution in [0.2, 0.25) is 0 Å². The number of aromatic nitrogens is 2. The lowest BCUT2D eigenvalue weighted by Crippen LogP contribution is -2.35. The van der Waals surface area contributed by atoms with Crippen molar-refractivity contribution in [2.75, 3.05) is 0 Å². The monoisotopic (exact) mass is 279 g/mol. The summed E-state index contributed by atoms with van der Waals surface area (Å²) < 4.78 is 13.1. The normalized spacial score (nSPS) is 11.8. The molecule has 102 valence electrons. The minimum absolute atomic E-state index is 0.0532. The van der Waals surface area contributed by atoms with Gasteiger partial charge in [-0.15, -0.1) is 10.2 Å². The van der Waals surface area contributed by atoms with Gasteiger partial charge in [0, 0.05) is 11.1 Å². The maximum absolute atomic E-state index is 13.1. The Morgan fingerprint density at radius 3 is 2.63 bits per heavy atom. The molecule has 2 aromatic rings. The zero-order chi connectivity index (χ0) is 14.0. The fourth-order valence-electron chi connectivity index (χ4n) is 1.64. The van der Waals surface area contributed by atoms with E-state index in [0.29, 0.717) is 6.54 Å². The lowest BCUT2D eigenvalue weighted by atomic mass is 10.1. The van der Waals surface area contributed by atoms with Crippen molar-refractivity contribution >= 4 is 11.3 Å². The second kappa shape index (κ2) is 5.35. The number of hydrogen-bond acceptors (Lipinski definition) is 4. The molecule has 0 amide bonds. The summed E-state index contributed by atoms with van der Waals surface area (Å²) in [7, 11) is 0.